The molecule has 0 atom stereocenters. The molecule has 5 heteroatoms. The SMILES string of the molecule is CCc1ccc(-c2ccccc2S(=O)(=O)NC#N)cc1. The molecule has 102 valence electrons. The maximum Gasteiger partial charge on any atom is 0.270 e. The van der Waals surface area contributed by atoms with Gasteiger partial charge in [0.05, 0.1) is 4.90 Å². The van der Waals surface area contributed by atoms with Crippen LogP contribution in [0.2, 0.25) is 0 Å². The van der Waals surface area contributed by atoms with Crippen molar-refractivity contribution in [2.45, 2.75) is 18.2 Å². The molecular weight excluding hydrogens is 272 g/mol. The van der Waals surface area contributed by atoms with E-state index < -0.39 is 10.0 Å². The Hall–Kier alpha value is -2.32. The van der Waals surface area contributed by atoms with Gasteiger partial charge in [-0.1, -0.05) is 49.4 Å². The molecule has 2 aromatic rings. The van der Waals surface area contributed by atoms with Crippen molar-refractivity contribution in [3.05, 3.63) is 54.1 Å². The van der Waals surface area contributed by atoms with E-state index in [4.69, 9.17) is 5.26 Å². The normalized spacial score (nSPS) is 10.8. The quantitative estimate of drug-likeness (QED) is 0.694. The van der Waals surface area contributed by atoms with Crippen molar-refractivity contribution in [1.29, 1.82) is 5.26 Å². The van der Waals surface area contributed by atoms with Crippen LogP contribution < -0.4 is 4.72 Å². The Morgan fingerprint density at radius 2 is 1.75 bits per heavy atom. The Morgan fingerprint density at radius 3 is 2.35 bits per heavy atom. The number of hydrogen-bond acceptors (Lipinski definition) is 3. The van der Waals surface area contributed by atoms with Crippen LogP contribution in [0, 0.1) is 11.5 Å². The summed E-state index contributed by atoms with van der Waals surface area (Å²) in [4.78, 5) is 0.103. The number of aryl methyl sites for hydroxylation is 1. The molecular formula is C15H14N2O2S. The van der Waals surface area contributed by atoms with Crippen molar-refractivity contribution in [1.82, 2.24) is 4.72 Å². The first kappa shape index (κ1) is 14.1. The first-order valence-corrected chi connectivity index (χ1v) is 7.66. The van der Waals surface area contributed by atoms with Crippen LogP contribution in [-0.2, 0) is 16.4 Å². The fourth-order valence-corrected chi connectivity index (χ4v) is 2.94. The minimum Gasteiger partial charge on any atom is -0.215 e. The molecule has 0 bridgehead atoms. The highest BCUT2D eigenvalue weighted by molar-refractivity contribution is 7.89. The Balaban J connectivity index is 2.55. The van der Waals surface area contributed by atoms with Crippen LogP contribution in [0.1, 0.15) is 12.5 Å². The largest absolute Gasteiger partial charge is 0.270 e. The van der Waals surface area contributed by atoms with Gasteiger partial charge in [-0.15, -0.1) is 0 Å². The van der Waals surface area contributed by atoms with Crippen molar-refractivity contribution >= 4 is 10.0 Å². The highest BCUT2D eigenvalue weighted by Gasteiger charge is 2.18. The van der Waals surface area contributed by atoms with Gasteiger partial charge >= 0.3 is 0 Å². The standard InChI is InChI=1S/C15H14N2O2S/c1-2-12-7-9-13(10-8-12)14-5-3-4-6-15(14)20(18,19)17-11-16/h3-10,17H,2H2,1H3. The van der Waals surface area contributed by atoms with E-state index in [9.17, 15) is 8.42 Å². The molecule has 0 unspecified atom stereocenters. The van der Waals surface area contributed by atoms with Crippen molar-refractivity contribution in [2.75, 3.05) is 0 Å². The summed E-state index contributed by atoms with van der Waals surface area (Å²) in [5.74, 6) is 0. The minimum absolute atomic E-state index is 0.103. The second kappa shape index (κ2) is 5.76. The molecule has 20 heavy (non-hydrogen) atoms. The van der Waals surface area contributed by atoms with Gasteiger partial charge in [0.25, 0.3) is 10.0 Å². The summed E-state index contributed by atoms with van der Waals surface area (Å²) in [6.07, 6.45) is 2.39. The highest BCUT2D eigenvalue weighted by Crippen LogP contribution is 2.27. The third kappa shape index (κ3) is 2.81. The lowest BCUT2D eigenvalue weighted by atomic mass is 10.0. The summed E-state index contributed by atoms with van der Waals surface area (Å²) in [5, 5.41) is 8.55. The molecule has 0 aliphatic carbocycles. The molecule has 1 N–H and O–H groups in total. The molecule has 0 saturated heterocycles. The molecule has 0 fully saturated rings. The number of nitriles is 1. The van der Waals surface area contributed by atoms with Gasteiger partial charge in [-0.3, -0.25) is 0 Å². The predicted molar refractivity (Wildman–Crippen MR) is 77.2 cm³/mol. The Kier molecular flexibility index (Phi) is 4.06. The van der Waals surface area contributed by atoms with Gasteiger partial charge in [0.2, 0.25) is 0 Å². The third-order valence-corrected chi connectivity index (χ3v) is 4.32. The molecule has 2 rings (SSSR count). The van der Waals surface area contributed by atoms with Gasteiger partial charge in [0.1, 0.15) is 0 Å². The lowest BCUT2D eigenvalue weighted by Crippen LogP contribution is -2.18. The Morgan fingerprint density at radius 1 is 1.10 bits per heavy atom. The number of sulfonamides is 1. The predicted octanol–water partition coefficient (Wildman–Crippen LogP) is 2.68. The monoisotopic (exact) mass is 286 g/mol. The van der Waals surface area contributed by atoms with Crippen molar-refractivity contribution in [3.8, 4) is 17.3 Å². The summed E-state index contributed by atoms with van der Waals surface area (Å²) >= 11 is 0. The Labute approximate surface area is 118 Å². The molecule has 4 nitrogen and oxygen atoms in total. The van der Waals surface area contributed by atoms with Crippen LogP contribution in [0.15, 0.2) is 53.4 Å². The molecule has 0 amide bonds. The molecule has 0 aromatic heterocycles. The van der Waals surface area contributed by atoms with Crippen LogP contribution >= 0.6 is 0 Å². The first-order chi connectivity index (χ1) is 9.58. The van der Waals surface area contributed by atoms with Gasteiger partial charge < -0.3 is 0 Å². The van der Waals surface area contributed by atoms with E-state index in [0.29, 0.717) is 5.56 Å². The summed E-state index contributed by atoms with van der Waals surface area (Å²) in [7, 11) is -3.82. The average Bonchev–Trinajstić information content (AvgIpc) is 2.47. The van der Waals surface area contributed by atoms with Gasteiger partial charge in [-0.25, -0.2) is 13.1 Å². The molecule has 0 aliphatic heterocycles. The lowest BCUT2D eigenvalue weighted by Gasteiger charge is -2.09. The van der Waals surface area contributed by atoms with E-state index in [1.165, 1.54) is 17.8 Å². The zero-order chi connectivity index (χ0) is 14.6. The highest BCUT2D eigenvalue weighted by atomic mass is 32.2. The maximum atomic E-state index is 12.0. The van der Waals surface area contributed by atoms with E-state index in [-0.39, 0.29) is 4.90 Å². The van der Waals surface area contributed by atoms with E-state index in [1.54, 1.807) is 18.2 Å². The molecule has 0 aliphatic rings. The van der Waals surface area contributed by atoms with E-state index >= 15 is 0 Å². The van der Waals surface area contributed by atoms with E-state index in [1.807, 2.05) is 29.0 Å². The van der Waals surface area contributed by atoms with Crippen LogP contribution in [0.4, 0.5) is 0 Å². The van der Waals surface area contributed by atoms with Gasteiger partial charge in [-0.05, 0) is 23.6 Å². The van der Waals surface area contributed by atoms with Crippen molar-refractivity contribution in [2.24, 2.45) is 0 Å². The number of hydrogen-bond donors (Lipinski definition) is 1. The summed E-state index contributed by atoms with van der Waals surface area (Å²) in [6.45, 7) is 2.06. The zero-order valence-electron chi connectivity index (χ0n) is 11.0. The van der Waals surface area contributed by atoms with Gasteiger partial charge in [0, 0.05) is 5.56 Å². The molecule has 2 aromatic carbocycles. The van der Waals surface area contributed by atoms with Crippen molar-refractivity contribution < 1.29 is 8.42 Å². The van der Waals surface area contributed by atoms with Crippen LogP contribution in [0.5, 0.6) is 0 Å². The Bertz CT molecular complexity index is 744. The second-order valence-corrected chi connectivity index (χ2v) is 5.91. The van der Waals surface area contributed by atoms with E-state index in [2.05, 4.69) is 6.92 Å². The topological polar surface area (TPSA) is 70.0 Å². The lowest BCUT2D eigenvalue weighted by molar-refractivity contribution is 0.591. The first-order valence-electron chi connectivity index (χ1n) is 6.17. The fraction of sp³-hybridized carbons (Fsp3) is 0.133. The number of rotatable bonds is 4. The second-order valence-electron chi connectivity index (χ2n) is 4.26. The molecule has 0 heterocycles. The van der Waals surface area contributed by atoms with Crippen LogP contribution in [0.3, 0.4) is 0 Å². The zero-order valence-corrected chi connectivity index (χ0v) is 11.8. The number of benzene rings is 2. The molecule has 0 radical (unpaired) electrons. The average molecular weight is 286 g/mol. The van der Waals surface area contributed by atoms with Crippen molar-refractivity contribution in [3.63, 3.8) is 0 Å². The maximum absolute atomic E-state index is 12.0. The van der Waals surface area contributed by atoms with E-state index in [0.717, 1.165) is 12.0 Å². The molecule has 0 saturated carbocycles. The molecule has 0 spiro atoms. The van der Waals surface area contributed by atoms with Gasteiger partial charge in [0.15, 0.2) is 6.19 Å². The summed E-state index contributed by atoms with van der Waals surface area (Å²) in [6, 6.07) is 14.3. The third-order valence-electron chi connectivity index (χ3n) is 3.03. The smallest absolute Gasteiger partial charge is 0.215 e. The minimum atomic E-state index is -3.82. The number of nitrogens with one attached hydrogen (secondary N) is 1. The summed E-state index contributed by atoms with van der Waals surface area (Å²) < 4.78 is 25.9. The van der Waals surface area contributed by atoms with Crippen LogP contribution in [-0.4, -0.2) is 8.42 Å². The fourth-order valence-electron chi connectivity index (χ4n) is 1.97. The van der Waals surface area contributed by atoms with Crippen LogP contribution in [0.25, 0.3) is 11.1 Å². The van der Waals surface area contributed by atoms with Gasteiger partial charge in [-0.2, -0.15) is 5.26 Å². The summed E-state index contributed by atoms with van der Waals surface area (Å²) in [5.41, 5.74) is 2.57. The number of nitrogens with zero attached hydrogens (tertiary/aromatic N) is 1.